The predicted octanol–water partition coefficient (Wildman–Crippen LogP) is 3.43. The van der Waals surface area contributed by atoms with Gasteiger partial charge >= 0.3 is 0 Å². The second-order valence-electron chi connectivity index (χ2n) is 5.31. The van der Waals surface area contributed by atoms with Gasteiger partial charge in [0.25, 0.3) is 0 Å². The van der Waals surface area contributed by atoms with Crippen molar-refractivity contribution in [3.05, 3.63) is 0 Å². The van der Waals surface area contributed by atoms with Crippen LogP contribution in [-0.2, 0) is 9.47 Å². The highest BCUT2D eigenvalue weighted by molar-refractivity contribution is 5.88. The Hall–Kier alpha value is -0.410. The average molecular weight is 241 g/mol. The summed E-state index contributed by atoms with van der Waals surface area (Å²) in [4.78, 5) is 4.88. The monoisotopic (exact) mass is 241 g/mol. The molecule has 0 N–H and O–H groups in total. The zero-order chi connectivity index (χ0) is 12.7. The molecule has 0 aromatic rings. The Labute approximate surface area is 106 Å². The highest BCUT2D eigenvalue weighted by Gasteiger charge is 2.19. The van der Waals surface area contributed by atoms with Crippen LogP contribution in [0.2, 0.25) is 0 Å². The first-order chi connectivity index (χ1) is 8.17. The third kappa shape index (κ3) is 5.17. The molecular formula is C14H27NO2. The van der Waals surface area contributed by atoms with Crippen molar-refractivity contribution in [2.45, 2.75) is 64.7 Å². The molecule has 3 heteroatoms. The fourth-order valence-corrected chi connectivity index (χ4v) is 2.44. The second kappa shape index (κ2) is 7.83. The van der Waals surface area contributed by atoms with Crippen LogP contribution in [0, 0.1) is 5.92 Å². The van der Waals surface area contributed by atoms with Crippen molar-refractivity contribution in [3.8, 4) is 0 Å². The number of nitrogens with zero attached hydrogens (tertiary/aromatic N) is 1. The van der Waals surface area contributed by atoms with Crippen LogP contribution in [0.3, 0.4) is 0 Å². The SMILES string of the molecule is COC(OC)C(CC(C)C)=NC1CCCCC1. The summed E-state index contributed by atoms with van der Waals surface area (Å²) in [6.07, 6.45) is 7.14. The van der Waals surface area contributed by atoms with Gasteiger partial charge in [0.15, 0.2) is 6.29 Å². The van der Waals surface area contributed by atoms with Crippen LogP contribution < -0.4 is 0 Å². The molecule has 1 aliphatic carbocycles. The van der Waals surface area contributed by atoms with E-state index >= 15 is 0 Å². The maximum atomic E-state index is 5.35. The van der Waals surface area contributed by atoms with E-state index in [1.54, 1.807) is 14.2 Å². The third-order valence-electron chi connectivity index (χ3n) is 3.24. The number of hydrogen-bond acceptors (Lipinski definition) is 3. The summed E-state index contributed by atoms with van der Waals surface area (Å²) in [6.45, 7) is 4.41. The molecule has 0 amide bonds. The van der Waals surface area contributed by atoms with Crippen molar-refractivity contribution in [2.75, 3.05) is 14.2 Å². The van der Waals surface area contributed by atoms with E-state index in [2.05, 4.69) is 13.8 Å². The number of hydrogen-bond donors (Lipinski definition) is 0. The minimum atomic E-state index is -0.265. The Bertz CT molecular complexity index is 228. The lowest BCUT2D eigenvalue weighted by atomic mass is 9.95. The van der Waals surface area contributed by atoms with Crippen molar-refractivity contribution >= 4 is 5.71 Å². The average Bonchev–Trinajstić information content (AvgIpc) is 2.31. The van der Waals surface area contributed by atoms with Crippen molar-refractivity contribution < 1.29 is 9.47 Å². The Morgan fingerprint density at radius 2 is 1.71 bits per heavy atom. The van der Waals surface area contributed by atoms with Crippen molar-refractivity contribution in [3.63, 3.8) is 0 Å². The van der Waals surface area contributed by atoms with E-state index in [0.717, 1.165) is 12.1 Å². The molecule has 0 aromatic heterocycles. The number of rotatable bonds is 6. The molecule has 0 saturated heterocycles. The Morgan fingerprint density at radius 1 is 1.12 bits per heavy atom. The molecule has 0 atom stereocenters. The first-order valence-corrected chi connectivity index (χ1v) is 6.79. The largest absolute Gasteiger partial charge is 0.351 e. The van der Waals surface area contributed by atoms with Gasteiger partial charge in [-0.25, -0.2) is 0 Å². The van der Waals surface area contributed by atoms with Gasteiger partial charge in [-0.15, -0.1) is 0 Å². The molecule has 0 aromatic carbocycles. The molecular weight excluding hydrogens is 214 g/mol. The van der Waals surface area contributed by atoms with Crippen molar-refractivity contribution in [2.24, 2.45) is 10.9 Å². The fraction of sp³-hybridized carbons (Fsp3) is 0.929. The third-order valence-corrected chi connectivity index (χ3v) is 3.24. The predicted molar refractivity (Wildman–Crippen MR) is 71.6 cm³/mol. The van der Waals surface area contributed by atoms with Gasteiger partial charge < -0.3 is 9.47 Å². The van der Waals surface area contributed by atoms with Gasteiger partial charge in [0, 0.05) is 14.2 Å². The van der Waals surface area contributed by atoms with Crippen LogP contribution in [0.25, 0.3) is 0 Å². The smallest absolute Gasteiger partial charge is 0.196 e. The number of ether oxygens (including phenoxy) is 2. The normalized spacial score (nSPS) is 19.3. The van der Waals surface area contributed by atoms with Gasteiger partial charge in [-0.05, 0) is 25.2 Å². The van der Waals surface area contributed by atoms with E-state index in [9.17, 15) is 0 Å². The molecule has 1 saturated carbocycles. The molecule has 0 bridgehead atoms. The lowest BCUT2D eigenvalue weighted by molar-refractivity contribution is -0.0538. The zero-order valence-electron chi connectivity index (χ0n) is 11.7. The van der Waals surface area contributed by atoms with Gasteiger partial charge in [-0.3, -0.25) is 4.99 Å². The highest BCUT2D eigenvalue weighted by Crippen LogP contribution is 2.22. The summed E-state index contributed by atoms with van der Waals surface area (Å²) in [7, 11) is 3.37. The maximum absolute atomic E-state index is 5.35. The topological polar surface area (TPSA) is 30.8 Å². The summed E-state index contributed by atoms with van der Waals surface area (Å²) in [5.41, 5.74) is 1.08. The summed E-state index contributed by atoms with van der Waals surface area (Å²) < 4.78 is 10.7. The summed E-state index contributed by atoms with van der Waals surface area (Å²) in [5.74, 6) is 0.588. The van der Waals surface area contributed by atoms with E-state index < -0.39 is 0 Å². The van der Waals surface area contributed by atoms with Crippen LogP contribution in [0.1, 0.15) is 52.4 Å². The lowest BCUT2D eigenvalue weighted by Crippen LogP contribution is -2.28. The van der Waals surface area contributed by atoms with Gasteiger partial charge in [0.1, 0.15) is 0 Å². The lowest BCUT2D eigenvalue weighted by Gasteiger charge is -2.23. The number of methoxy groups -OCH3 is 2. The summed E-state index contributed by atoms with van der Waals surface area (Å²) >= 11 is 0. The van der Waals surface area contributed by atoms with E-state index in [4.69, 9.17) is 14.5 Å². The highest BCUT2D eigenvalue weighted by atomic mass is 16.7. The second-order valence-corrected chi connectivity index (χ2v) is 5.31. The Morgan fingerprint density at radius 3 is 2.18 bits per heavy atom. The molecule has 1 fully saturated rings. The van der Waals surface area contributed by atoms with E-state index in [1.807, 2.05) is 0 Å². The molecule has 0 heterocycles. The quantitative estimate of drug-likeness (QED) is 0.527. The van der Waals surface area contributed by atoms with Gasteiger partial charge in [0.2, 0.25) is 0 Å². The zero-order valence-corrected chi connectivity index (χ0v) is 11.7. The number of aliphatic imine (C=N–C) groups is 1. The molecule has 100 valence electrons. The van der Waals surface area contributed by atoms with Gasteiger partial charge in [-0.2, -0.15) is 0 Å². The van der Waals surface area contributed by atoms with Crippen molar-refractivity contribution in [1.82, 2.24) is 0 Å². The molecule has 0 aliphatic heterocycles. The Kier molecular flexibility index (Phi) is 6.75. The van der Waals surface area contributed by atoms with Crippen LogP contribution in [0.15, 0.2) is 4.99 Å². The molecule has 17 heavy (non-hydrogen) atoms. The molecule has 1 aliphatic rings. The summed E-state index contributed by atoms with van der Waals surface area (Å²) in [6, 6.07) is 0.491. The minimum Gasteiger partial charge on any atom is -0.351 e. The first kappa shape index (κ1) is 14.7. The van der Waals surface area contributed by atoms with Gasteiger partial charge in [-0.1, -0.05) is 33.1 Å². The molecule has 0 unspecified atom stereocenters. The van der Waals surface area contributed by atoms with E-state index in [-0.39, 0.29) is 6.29 Å². The molecule has 0 radical (unpaired) electrons. The summed E-state index contributed by atoms with van der Waals surface area (Å²) in [5, 5.41) is 0. The maximum Gasteiger partial charge on any atom is 0.196 e. The van der Waals surface area contributed by atoms with E-state index in [0.29, 0.717) is 12.0 Å². The van der Waals surface area contributed by atoms with Crippen LogP contribution >= 0.6 is 0 Å². The van der Waals surface area contributed by atoms with Crippen LogP contribution in [-0.4, -0.2) is 32.3 Å². The molecule has 1 rings (SSSR count). The van der Waals surface area contributed by atoms with Crippen LogP contribution in [0.4, 0.5) is 0 Å². The minimum absolute atomic E-state index is 0.265. The van der Waals surface area contributed by atoms with Crippen LogP contribution in [0.5, 0.6) is 0 Å². The molecule has 3 nitrogen and oxygen atoms in total. The Balaban J connectivity index is 2.68. The molecule has 0 spiro atoms. The first-order valence-electron chi connectivity index (χ1n) is 6.79. The fourth-order valence-electron chi connectivity index (χ4n) is 2.44. The van der Waals surface area contributed by atoms with E-state index in [1.165, 1.54) is 32.1 Å². The van der Waals surface area contributed by atoms with Gasteiger partial charge in [0.05, 0.1) is 11.8 Å². The van der Waals surface area contributed by atoms with Crippen molar-refractivity contribution in [1.29, 1.82) is 0 Å². The standard InChI is InChI=1S/C14H27NO2/c1-11(2)10-13(14(16-3)17-4)15-12-8-6-5-7-9-12/h11-12,14H,5-10H2,1-4H3.